The van der Waals surface area contributed by atoms with Gasteiger partial charge in [-0.3, -0.25) is 0 Å². The monoisotopic (exact) mass is 231 g/mol. The third-order valence-electron chi connectivity index (χ3n) is 2.88. The molecule has 0 saturated carbocycles. The maximum atomic E-state index is 5.72. The summed E-state index contributed by atoms with van der Waals surface area (Å²) in [5, 5.41) is 4.50. The van der Waals surface area contributed by atoms with Crippen LogP contribution in [0.2, 0.25) is 0 Å². The smallest absolute Gasteiger partial charge is 0.221 e. The molecule has 2 rings (SSSR count). The molecule has 0 unspecified atom stereocenters. The van der Waals surface area contributed by atoms with Crippen LogP contribution in [0.4, 0.5) is 0 Å². The van der Waals surface area contributed by atoms with Gasteiger partial charge in [-0.1, -0.05) is 18.2 Å². The Bertz CT molecular complexity index is 531. The first kappa shape index (κ1) is 11.7. The van der Waals surface area contributed by atoms with Gasteiger partial charge in [0.1, 0.15) is 0 Å². The molecule has 0 radical (unpaired) electrons. The SMILES string of the molecule is COc1c(CN)c(C)nn1-c1ccccc1C. The molecule has 4 heteroatoms. The predicted octanol–water partition coefficient (Wildman–Crippen LogP) is 1.96. The van der Waals surface area contributed by atoms with Crippen molar-refractivity contribution in [2.24, 2.45) is 5.73 Å². The van der Waals surface area contributed by atoms with E-state index in [9.17, 15) is 0 Å². The number of para-hydroxylation sites is 1. The van der Waals surface area contributed by atoms with Gasteiger partial charge in [0.15, 0.2) is 0 Å². The maximum absolute atomic E-state index is 5.72. The van der Waals surface area contributed by atoms with Crippen LogP contribution >= 0.6 is 0 Å². The summed E-state index contributed by atoms with van der Waals surface area (Å²) >= 11 is 0. The second-order valence-corrected chi connectivity index (χ2v) is 3.98. The molecule has 2 aromatic rings. The first-order valence-electron chi connectivity index (χ1n) is 5.57. The second kappa shape index (κ2) is 4.59. The normalized spacial score (nSPS) is 10.6. The van der Waals surface area contributed by atoms with Crippen LogP contribution in [-0.4, -0.2) is 16.9 Å². The molecule has 0 saturated heterocycles. The van der Waals surface area contributed by atoms with Crippen molar-refractivity contribution >= 4 is 0 Å². The van der Waals surface area contributed by atoms with Crippen LogP contribution < -0.4 is 10.5 Å². The Labute approximate surface area is 101 Å². The standard InChI is InChI=1S/C13H17N3O/c1-9-6-4-5-7-12(9)16-13(17-3)11(8-14)10(2)15-16/h4-7H,8,14H2,1-3H3. The lowest BCUT2D eigenvalue weighted by Crippen LogP contribution is -2.04. The number of hydrogen-bond acceptors (Lipinski definition) is 3. The Morgan fingerprint density at radius 3 is 2.59 bits per heavy atom. The van der Waals surface area contributed by atoms with Crippen molar-refractivity contribution in [2.45, 2.75) is 20.4 Å². The number of methoxy groups -OCH3 is 1. The van der Waals surface area contributed by atoms with Crippen molar-refractivity contribution in [3.8, 4) is 11.6 Å². The zero-order valence-electron chi connectivity index (χ0n) is 10.4. The molecule has 4 nitrogen and oxygen atoms in total. The van der Waals surface area contributed by atoms with E-state index >= 15 is 0 Å². The molecule has 0 aliphatic carbocycles. The summed E-state index contributed by atoms with van der Waals surface area (Å²) in [6.07, 6.45) is 0. The highest BCUT2D eigenvalue weighted by Gasteiger charge is 2.16. The maximum Gasteiger partial charge on any atom is 0.221 e. The summed E-state index contributed by atoms with van der Waals surface area (Å²) in [4.78, 5) is 0. The average Bonchev–Trinajstić information content (AvgIpc) is 2.65. The minimum absolute atomic E-state index is 0.431. The molecule has 1 heterocycles. The second-order valence-electron chi connectivity index (χ2n) is 3.98. The molecule has 2 N–H and O–H groups in total. The highest BCUT2D eigenvalue weighted by Crippen LogP contribution is 2.26. The lowest BCUT2D eigenvalue weighted by molar-refractivity contribution is 0.379. The van der Waals surface area contributed by atoms with E-state index in [2.05, 4.69) is 5.10 Å². The minimum atomic E-state index is 0.431. The summed E-state index contributed by atoms with van der Waals surface area (Å²) in [5.41, 5.74) is 9.76. The van der Waals surface area contributed by atoms with Gasteiger partial charge in [0, 0.05) is 6.54 Å². The van der Waals surface area contributed by atoms with Gasteiger partial charge in [-0.2, -0.15) is 5.10 Å². The molecule has 0 atom stereocenters. The van der Waals surface area contributed by atoms with Crippen LogP contribution in [0.3, 0.4) is 0 Å². The molecular weight excluding hydrogens is 214 g/mol. The number of rotatable bonds is 3. The number of hydrogen-bond donors (Lipinski definition) is 1. The summed E-state index contributed by atoms with van der Waals surface area (Å²) in [6, 6.07) is 8.06. The zero-order valence-corrected chi connectivity index (χ0v) is 10.4. The molecule has 0 amide bonds. The largest absolute Gasteiger partial charge is 0.481 e. The highest BCUT2D eigenvalue weighted by atomic mass is 16.5. The van der Waals surface area contributed by atoms with Crippen molar-refractivity contribution in [3.05, 3.63) is 41.1 Å². The number of nitrogens with two attached hydrogens (primary N) is 1. The Morgan fingerprint density at radius 2 is 2.00 bits per heavy atom. The lowest BCUT2D eigenvalue weighted by atomic mass is 10.2. The molecule has 0 aliphatic rings. The van der Waals surface area contributed by atoms with E-state index in [0.29, 0.717) is 6.54 Å². The van der Waals surface area contributed by atoms with Crippen molar-refractivity contribution in [2.75, 3.05) is 7.11 Å². The Morgan fingerprint density at radius 1 is 1.29 bits per heavy atom. The average molecular weight is 231 g/mol. The van der Waals surface area contributed by atoms with Crippen LogP contribution in [0.15, 0.2) is 24.3 Å². The molecule has 1 aromatic heterocycles. The number of aryl methyl sites for hydroxylation is 2. The van der Waals surface area contributed by atoms with Crippen LogP contribution in [0.25, 0.3) is 5.69 Å². The summed E-state index contributed by atoms with van der Waals surface area (Å²) in [7, 11) is 1.64. The topological polar surface area (TPSA) is 53.1 Å². The van der Waals surface area contributed by atoms with Gasteiger partial charge in [0.2, 0.25) is 5.88 Å². The van der Waals surface area contributed by atoms with Crippen LogP contribution in [0.1, 0.15) is 16.8 Å². The van der Waals surface area contributed by atoms with Crippen molar-refractivity contribution in [1.82, 2.24) is 9.78 Å². The molecule has 0 aliphatic heterocycles. The molecule has 90 valence electrons. The Balaban J connectivity index is 2.64. The summed E-state index contributed by atoms with van der Waals surface area (Å²) in [5.74, 6) is 0.722. The Kier molecular flexibility index (Phi) is 3.15. The fourth-order valence-corrected chi connectivity index (χ4v) is 1.95. The van der Waals surface area contributed by atoms with Gasteiger partial charge < -0.3 is 10.5 Å². The number of benzene rings is 1. The van der Waals surface area contributed by atoms with E-state index in [1.165, 1.54) is 0 Å². The lowest BCUT2D eigenvalue weighted by Gasteiger charge is -2.09. The molecule has 1 aromatic carbocycles. The number of aromatic nitrogens is 2. The number of ether oxygens (including phenoxy) is 1. The third kappa shape index (κ3) is 1.91. The zero-order chi connectivity index (χ0) is 12.4. The fraction of sp³-hybridized carbons (Fsp3) is 0.308. The van der Waals surface area contributed by atoms with Gasteiger partial charge in [-0.25, -0.2) is 4.68 Å². The number of nitrogens with zero attached hydrogens (tertiary/aromatic N) is 2. The van der Waals surface area contributed by atoms with Gasteiger partial charge in [-0.05, 0) is 25.5 Å². The van der Waals surface area contributed by atoms with Gasteiger partial charge in [-0.15, -0.1) is 0 Å². The molecular formula is C13H17N3O. The van der Waals surface area contributed by atoms with Crippen molar-refractivity contribution in [1.29, 1.82) is 0 Å². The minimum Gasteiger partial charge on any atom is -0.481 e. The van der Waals surface area contributed by atoms with Gasteiger partial charge in [0.25, 0.3) is 0 Å². The summed E-state index contributed by atoms with van der Waals surface area (Å²) < 4.78 is 7.23. The predicted molar refractivity (Wildman–Crippen MR) is 67.5 cm³/mol. The first-order chi connectivity index (χ1) is 8.19. The Hall–Kier alpha value is -1.81. The fourth-order valence-electron chi connectivity index (χ4n) is 1.95. The van der Waals surface area contributed by atoms with E-state index in [-0.39, 0.29) is 0 Å². The quantitative estimate of drug-likeness (QED) is 0.878. The first-order valence-corrected chi connectivity index (χ1v) is 5.57. The molecule has 0 bridgehead atoms. The van der Waals surface area contributed by atoms with Crippen molar-refractivity contribution in [3.63, 3.8) is 0 Å². The van der Waals surface area contributed by atoms with E-state index in [4.69, 9.17) is 10.5 Å². The van der Waals surface area contributed by atoms with E-state index in [1.807, 2.05) is 42.8 Å². The third-order valence-corrected chi connectivity index (χ3v) is 2.88. The highest BCUT2D eigenvalue weighted by molar-refractivity contribution is 5.45. The molecule has 0 spiro atoms. The van der Waals surface area contributed by atoms with Gasteiger partial charge in [0.05, 0.1) is 24.1 Å². The van der Waals surface area contributed by atoms with E-state index < -0.39 is 0 Å². The van der Waals surface area contributed by atoms with E-state index in [0.717, 1.165) is 28.4 Å². The van der Waals surface area contributed by atoms with Crippen LogP contribution in [0.5, 0.6) is 5.88 Å². The van der Waals surface area contributed by atoms with Gasteiger partial charge >= 0.3 is 0 Å². The molecule has 0 fully saturated rings. The van der Waals surface area contributed by atoms with Crippen LogP contribution in [-0.2, 0) is 6.54 Å². The summed E-state index contributed by atoms with van der Waals surface area (Å²) in [6.45, 7) is 4.42. The molecule has 17 heavy (non-hydrogen) atoms. The van der Waals surface area contributed by atoms with Crippen LogP contribution in [0, 0.1) is 13.8 Å². The van der Waals surface area contributed by atoms with E-state index in [1.54, 1.807) is 7.11 Å². The van der Waals surface area contributed by atoms with Crippen molar-refractivity contribution < 1.29 is 4.74 Å².